The average molecular weight is 316 g/mol. The first-order valence-electron chi connectivity index (χ1n) is 9.47. The summed E-state index contributed by atoms with van der Waals surface area (Å²) in [5, 5.41) is 0. The van der Waals surface area contributed by atoms with Crippen molar-refractivity contribution in [2.24, 2.45) is 0 Å². The van der Waals surface area contributed by atoms with Crippen LogP contribution < -0.4 is 0 Å². The second kappa shape index (κ2) is 5.92. The van der Waals surface area contributed by atoms with Gasteiger partial charge >= 0.3 is 0 Å². The molecule has 0 bridgehead atoms. The molecule has 4 rings (SSSR count). The molecule has 0 fully saturated rings. The molecule has 2 aromatic carbocycles. The third-order valence-corrected chi connectivity index (χ3v) is 5.96. The van der Waals surface area contributed by atoms with E-state index in [2.05, 4.69) is 52.0 Å². The van der Waals surface area contributed by atoms with E-state index >= 15 is 0 Å². The van der Waals surface area contributed by atoms with Gasteiger partial charge in [-0.05, 0) is 111 Å². The Labute approximate surface area is 146 Å². The minimum Gasteiger partial charge on any atom is -0.0561 e. The molecule has 0 spiro atoms. The van der Waals surface area contributed by atoms with Crippen LogP contribution in [0.3, 0.4) is 0 Å². The molecule has 124 valence electrons. The topological polar surface area (TPSA) is 0 Å². The first kappa shape index (κ1) is 15.7. The Hall–Kier alpha value is -1.82. The normalized spacial score (nSPS) is 19.8. The Kier molecular flexibility index (Phi) is 3.87. The van der Waals surface area contributed by atoms with Gasteiger partial charge in [-0.25, -0.2) is 0 Å². The summed E-state index contributed by atoms with van der Waals surface area (Å²) in [6.45, 7) is 9.08. The molecule has 0 amide bonds. The molecule has 0 aliphatic heterocycles. The van der Waals surface area contributed by atoms with Crippen LogP contribution in [0.25, 0.3) is 11.1 Å². The molecule has 2 aliphatic rings. The summed E-state index contributed by atoms with van der Waals surface area (Å²) < 4.78 is 0. The van der Waals surface area contributed by atoms with Gasteiger partial charge < -0.3 is 0 Å². The van der Waals surface area contributed by atoms with Crippen LogP contribution in [0.2, 0.25) is 0 Å². The van der Waals surface area contributed by atoms with E-state index < -0.39 is 0 Å². The van der Waals surface area contributed by atoms with E-state index in [1.165, 1.54) is 60.8 Å². The molecule has 0 unspecified atom stereocenters. The highest BCUT2D eigenvalue weighted by molar-refractivity contribution is 5.94. The van der Waals surface area contributed by atoms with Crippen molar-refractivity contribution < 1.29 is 0 Å². The predicted molar refractivity (Wildman–Crippen MR) is 105 cm³/mol. The molecule has 0 saturated carbocycles. The summed E-state index contributed by atoms with van der Waals surface area (Å²) in [6.07, 6.45) is 7.59. The van der Waals surface area contributed by atoms with E-state index in [4.69, 9.17) is 0 Å². The molecule has 0 radical (unpaired) electrons. The summed E-state index contributed by atoms with van der Waals surface area (Å²) in [7, 11) is 0. The number of benzene rings is 2. The highest BCUT2D eigenvalue weighted by atomic mass is 14.3. The van der Waals surface area contributed by atoms with Gasteiger partial charge in [0, 0.05) is 0 Å². The lowest BCUT2D eigenvalue weighted by Gasteiger charge is -2.29. The largest absolute Gasteiger partial charge is 0.0561 e. The van der Waals surface area contributed by atoms with Crippen molar-refractivity contribution in [3.8, 4) is 0 Å². The van der Waals surface area contributed by atoms with Crippen molar-refractivity contribution in [2.45, 2.75) is 66.2 Å². The Morgan fingerprint density at radius 1 is 0.542 bits per heavy atom. The Balaban J connectivity index is 1.99. The molecule has 2 aliphatic carbocycles. The zero-order valence-electron chi connectivity index (χ0n) is 15.6. The van der Waals surface area contributed by atoms with Gasteiger partial charge in [0.2, 0.25) is 0 Å². The van der Waals surface area contributed by atoms with Crippen LogP contribution in [-0.4, -0.2) is 0 Å². The number of hydrogen-bond acceptors (Lipinski definition) is 0. The third-order valence-electron chi connectivity index (χ3n) is 5.96. The van der Waals surface area contributed by atoms with E-state index in [0.29, 0.717) is 0 Å². The lowest BCUT2D eigenvalue weighted by Crippen LogP contribution is -2.11. The van der Waals surface area contributed by atoms with Crippen molar-refractivity contribution in [3.63, 3.8) is 0 Å². The molecule has 0 saturated heterocycles. The number of fused-ring (bicyclic) bond motifs is 2. The van der Waals surface area contributed by atoms with E-state index in [1.54, 1.807) is 33.4 Å². The van der Waals surface area contributed by atoms with Crippen molar-refractivity contribution in [1.82, 2.24) is 0 Å². The maximum Gasteiger partial charge on any atom is -0.0184 e. The fraction of sp³-hybridized carbons (Fsp3) is 0.417. The van der Waals surface area contributed by atoms with Crippen LogP contribution in [0.15, 0.2) is 24.3 Å². The predicted octanol–water partition coefficient (Wildman–Crippen LogP) is 6.50. The maximum atomic E-state index is 2.45. The summed E-state index contributed by atoms with van der Waals surface area (Å²) in [5.41, 5.74) is 15.4. The van der Waals surface area contributed by atoms with E-state index in [9.17, 15) is 0 Å². The maximum absolute atomic E-state index is 2.45. The highest BCUT2D eigenvalue weighted by Gasteiger charge is 2.24. The molecule has 0 aromatic heterocycles. The number of hydrogen-bond donors (Lipinski definition) is 0. The minimum atomic E-state index is 1.25. The Morgan fingerprint density at radius 2 is 0.958 bits per heavy atom. The third kappa shape index (κ3) is 2.53. The fourth-order valence-electron chi connectivity index (χ4n) is 4.98. The number of rotatable bonds is 0. The van der Waals surface area contributed by atoms with Crippen LogP contribution in [0.4, 0.5) is 0 Å². The minimum absolute atomic E-state index is 1.25. The summed E-state index contributed by atoms with van der Waals surface area (Å²) in [4.78, 5) is 0. The summed E-state index contributed by atoms with van der Waals surface area (Å²) in [5.74, 6) is 0. The standard InChI is InChI=1S/C24H28/c1-15-11-17(3)19-7-5-9-21(23(19)13-15)22-10-6-8-20-18(4)12-16(2)14-24(20)22/h11-14H,5-10H2,1-4H3/b22-21+. The molecular formula is C24H28. The lowest BCUT2D eigenvalue weighted by molar-refractivity contribution is 0.792. The van der Waals surface area contributed by atoms with E-state index in [0.717, 1.165) is 0 Å². The van der Waals surface area contributed by atoms with Gasteiger partial charge in [0.15, 0.2) is 0 Å². The molecule has 0 nitrogen and oxygen atoms in total. The van der Waals surface area contributed by atoms with Gasteiger partial charge in [-0.15, -0.1) is 0 Å². The van der Waals surface area contributed by atoms with Gasteiger partial charge in [-0.3, -0.25) is 0 Å². The molecule has 0 N–H and O–H groups in total. The van der Waals surface area contributed by atoms with Crippen molar-refractivity contribution in [1.29, 1.82) is 0 Å². The monoisotopic (exact) mass is 316 g/mol. The summed E-state index contributed by atoms with van der Waals surface area (Å²) >= 11 is 0. The van der Waals surface area contributed by atoms with Crippen molar-refractivity contribution in [2.75, 3.05) is 0 Å². The SMILES string of the molecule is Cc1cc(C)c2c(c1)/C(=C1\CCCc3c(C)cc(C)cc31)CCC2. The van der Waals surface area contributed by atoms with Gasteiger partial charge in [0.05, 0.1) is 0 Å². The second-order valence-corrected chi connectivity index (χ2v) is 7.88. The van der Waals surface area contributed by atoms with E-state index in [-0.39, 0.29) is 0 Å². The van der Waals surface area contributed by atoms with Crippen LogP contribution in [0.5, 0.6) is 0 Å². The zero-order chi connectivity index (χ0) is 16.8. The van der Waals surface area contributed by atoms with Crippen LogP contribution in [0.1, 0.15) is 70.2 Å². The molecule has 0 heteroatoms. The molecular weight excluding hydrogens is 288 g/mol. The van der Waals surface area contributed by atoms with Crippen LogP contribution in [0, 0.1) is 27.7 Å². The average Bonchev–Trinajstić information content (AvgIpc) is 2.54. The van der Waals surface area contributed by atoms with Gasteiger partial charge in [0.1, 0.15) is 0 Å². The first-order valence-corrected chi connectivity index (χ1v) is 9.47. The lowest BCUT2D eigenvalue weighted by atomic mass is 9.76. The van der Waals surface area contributed by atoms with Crippen LogP contribution in [-0.2, 0) is 12.8 Å². The van der Waals surface area contributed by atoms with Gasteiger partial charge in [0.25, 0.3) is 0 Å². The Morgan fingerprint density at radius 3 is 1.38 bits per heavy atom. The zero-order valence-corrected chi connectivity index (χ0v) is 15.6. The van der Waals surface area contributed by atoms with Crippen molar-refractivity contribution in [3.05, 3.63) is 68.8 Å². The number of allylic oxidation sites excluding steroid dienone is 2. The molecule has 0 heterocycles. The van der Waals surface area contributed by atoms with Gasteiger partial charge in [-0.2, -0.15) is 0 Å². The highest BCUT2D eigenvalue weighted by Crippen LogP contribution is 2.43. The second-order valence-electron chi connectivity index (χ2n) is 7.88. The smallest absolute Gasteiger partial charge is 0.0184 e. The summed E-state index contributed by atoms with van der Waals surface area (Å²) in [6, 6.07) is 9.60. The molecule has 24 heavy (non-hydrogen) atoms. The van der Waals surface area contributed by atoms with Crippen LogP contribution >= 0.6 is 0 Å². The first-order chi connectivity index (χ1) is 11.5. The number of aryl methyl sites for hydroxylation is 4. The quantitative estimate of drug-likeness (QED) is 0.520. The molecule has 2 aromatic rings. The van der Waals surface area contributed by atoms with Crippen molar-refractivity contribution >= 4 is 11.1 Å². The van der Waals surface area contributed by atoms with E-state index in [1.807, 2.05) is 0 Å². The Bertz CT molecular complexity index is 777. The molecule has 0 atom stereocenters. The van der Waals surface area contributed by atoms with Gasteiger partial charge in [-0.1, -0.05) is 35.4 Å². The fourth-order valence-corrected chi connectivity index (χ4v) is 4.98.